The van der Waals surface area contributed by atoms with Crippen LogP contribution in [0.2, 0.25) is 0 Å². The molecule has 0 amide bonds. The fourth-order valence-electron chi connectivity index (χ4n) is 6.75. The Kier molecular flexibility index (Phi) is 7.21. The van der Waals surface area contributed by atoms with Crippen molar-refractivity contribution in [3.05, 3.63) is 41.5 Å². The SMILES string of the molecule is COC(=O)C1CC2CCCC(C1)N2Cc1cccc2c(C(F)(F)F)c(O[C@H]3CC[C@@H](C)CC3)ccc12. The summed E-state index contributed by atoms with van der Waals surface area (Å²) in [5, 5.41) is 0.832. The van der Waals surface area contributed by atoms with Crippen LogP contribution in [0.5, 0.6) is 5.75 Å². The smallest absolute Gasteiger partial charge is 0.420 e. The largest absolute Gasteiger partial charge is 0.490 e. The number of esters is 1. The van der Waals surface area contributed by atoms with Crippen molar-refractivity contribution in [2.75, 3.05) is 7.11 Å². The third-order valence-electron chi connectivity index (χ3n) is 8.67. The first kappa shape index (κ1) is 25.4. The van der Waals surface area contributed by atoms with Gasteiger partial charge in [0.2, 0.25) is 0 Å². The van der Waals surface area contributed by atoms with Crippen LogP contribution in [-0.4, -0.2) is 36.2 Å². The normalized spacial score (nSPS) is 29.2. The first-order valence-corrected chi connectivity index (χ1v) is 13.4. The zero-order valence-electron chi connectivity index (χ0n) is 21.2. The van der Waals surface area contributed by atoms with E-state index >= 15 is 0 Å². The Hall–Kier alpha value is -2.28. The average molecular weight is 504 g/mol. The Bertz CT molecular complexity index is 1080. The molecule has 5 rings (SSSR count). The summed E-state index contributed by atoms with van der Waals surface area (Å²) in [6.07, 6.45) is 3.50. The van der Waals surface area contributed by atoms with Crippen LogP contribution in [0.25, 0.3) is 10.8 Å². The number of methoxy groups -OCH3 is 1. The Morgan fingerprint density at radius 2 is 1.67 bits per heavy atom. The number of hydrogen-bond donors (Lipinski definition) is 0. The van der Waals surface area contributed by atoms with Gasteiger partial charge < -0.3 is 9.47 Å². The van der Waals surface area contributed by atoms with E-state index in [1.807, 2.05) is 6.07 Å². The predicted octanol–water partition coefficient (Wildman–Crippen LogP) is 7.12. The van der Waals surface area contributed by atoms with Crippen molar-refractivity contribution in [3.8, 4) is 5.75 Å². The molecule has 0 aromatic heterocycles. The molecule has 2 saturated heterocycles. The molecule has 2 unspecified atom stereocenters. The van der Waals surface area contributed by atoms with E-state index in [9.17, 15) is 18.0 Å². The molecule has 1 aliphatic carbocycles. The number of hydrogen-bond acceptors (Lipinski definition) is 4. The van der Waals surface area contributed by atoms with Crippen LogP contribution in [0.15, 0.2) is 30.3 Å². The highest BCUT2D eigenvalue weighted by Gasteiger charge is 2.42. The van der Waals surface area contributed by atoms with Crippen molar-refractivity contribution in [3.63, 3.8) is 0 Å². The molecule has 2 bridgehead atoms. The van der Waals surface area contributed by atoms with Crippen molar-refractivity contribution in [1.29, 1.82) is 0 Å². The molecule has 3 fully saturated rings. The van der Waals surface area contributed by atoms with Gasteiger partial charge in [-0.3, -0.25) is 9.69 Å². The van der Waals surface area contributed by atoms with Gasteiger partial charge in [-0.1, -0.05) is 37.6 Å². The van der Waals surface area contributed by atoms with Crippen LogP contribution in [-0.2, 0) is 22.3 Å². The summed E-state index contributed by atoms with van der Waals surface area (Å²) in [7, 11) is 1.44. The minimum atomic E-state index is -4.51. The minimum Gasteiger partial charge on any atom is -0.490 e. The van der Waals surface area contributed by atoms with Gasteiger partial charge in [-0.15, -0.1) is 0 Å². The van der Waals surface area contributed by atoms with E-state index in [2.05, 4.69) is 11.8 Å². The lowest BCUT2D eigenvalue weighted by Crippen LogP contribution is -2.52. The summed E-state index contributed by atoms with van der Waals surface area (Å²) < 4.78 is 54.2. The number of benzene rings is 2. The van der Waals surface area contributed by atoms with Gasteiger partial charge in [0.05, 0.1) is 19.1 Å². The number of piperidine rings is 2. The third kappa shape index (κ3) is 5.09. The molecule has 2 aliphatic heterocycles. The van der Waals surface area contributed by atoms with Crippen molar-refractivity contribution in [2.45, 2.75) is 95.6 Å². The van der Waals surface area contributed by atoms with Gasteiger partial charge in [0.25, 0.3) is 0 Å². The van der Waals surface area contributed by atoms with Gasteiger partial charge in [0.15, 0.2) is 0 Å². The molecule has 4 nitrogen and oxygen atoms in total. The monoisotopic (exact) mass is 503 g/mol. The maximum absolute atomic E-state index is 14.4. The van der Waals surface area contributed by atoms with E-state index in [-0.39, 0.29) is 41.2 Å². The molecule has 3 aliphatic rings. The van der Waals surface area contributed by atoms with Gasteiger partial charge in [-0.05, 0) is 79.7 Å². The van der Waals surface area contributed by atoms with Gasteiger partial charge in [0.1, 0.15) is 11.3 Å². The maximum Gasteiger partial charge on any atom is 0.420 e. The van der Waals surface area contributed by atoms with Crippen LogP contribution >= 0.6 is 0 Å². The Balaban J connectivity index is 1.45. The van der Waals surface area contributed by atoms with Crippen LogP contribution < -0.4 is 4.74 Å². The number of fused-ring (bicyclic) bond motifs is 3. The first-order chi connectivity index (χ1) is 17.2. The van der Waals surface area contributed by atoms with Crippen LogP contribution in [0, 0.1) is 11.8 Å². The predicted molar refractivity (Wildman–Crippen MR) is 133 cm³/mol. The molecule has 36 heavy (non-hydrogen) atoms. The summed E-state index contributed by atoms with van der Waals surface area (Å²) in [4.78, 5) is 14.6. The Labute approximate surface area is 211 Å². The van der Waals surface area contributed by atoms with Crippen LogP contribution in [0.4, 0.5) is 13.2 Å². The summed E-state index contributed by atoms with van der Waals surface area (Å²) in [5.41, 5.74) is 0.231. The van der Waals surface area contributed by atoms with E-state index in [0.717, 1.165) is 63.4 Å². The van der Waals surface area contributed by atoms with E-state index in [1.54, 1.807) is 18.2 Å². The van der Waals surface area contributed by atoms with E-state index < -0.39 is 11.7 Å². The van der Waals surface area contributed by atoms with Gasteiger partial charge in [0, 0.05) is 18.6 Å². The second-order valence-corrected chi connectivity index (χ2v) is 11.1. The van der Waals surface area contributed by atoms with E-state index in [0.29, 0.717) is 17.8 Å². The van der Waals surface area contributed by atoms with Crippen molar-refractivity contribution in [2.24, 2.45) is 11.8 Å². The summed E-state index contributed by atoms with van der Waals surface area (Å²) in [6.45, 7) is 2.76. The molecule has 0 N–H and O–H groups in total. The second kappa shape index (κ2) is 10.2. The number of nitrogens with zero attached hydrogens (tertiary/aromatic N) is 1. The molecule has 2 aromatic rings. The highest BCUT2D eigenvalue weighted by molar-refractivity contribution is 5.91. The van der Waals surface area contributed by atoms with Gasteiger partial charge in [-0.2, -0.15) is 13.2 Å². The number of ether oxygens (including phenoxy) is 2. The summed E-state index contributed by atoms with van der Waals surface area (Å²) in [5.74, 6) is 0.311. The van der Waals surface area contributed by atoms with Gasteiger partial charge >= 0.3 is 12.1 Å². The van der Waals surface area contributed by atoms with Crippen molar-refractivity contribution in [1.82, 2.24) is 4.90 Å². The molecular weight excluding hydrogens is 467 g/mol. The Morgan fingerprint density at radius 3 is 2.31 bits per heavy atom. The topological polar surface area (TPSA) is 38.8 Å². The number of carbonyl (C=O) groups excluding carboxylic acids is 1. The maximum atomic E-state index is 14.4. The lowest BCUT2D eigenvalue weighted by Gasteiger charge is -2.48. The second-order valence-electron chi connectivity index (χ2n) is 11.1. The third-order valence-corrected chi connectivity index (χ3v) is 8.67. The van der Waals surface area contributed by atoms with Gasteiger partial charge in [-0.25, -0.2) is 0 Å². The molecule has 0 radical (unpaired) electrons. The highest BCUT2D eigenvalue weighted by Crippen LogP contribution is 2.44. The lowest BCUT2D eigenvalue weighted by atomic mass is 9.78. The number of alkyl halides is 3. The zero-order chi connectivity index (χ0) is 25.4. The number of carbonyl (C=O) groups is 1. The summed E-state index contributed by atoms with van der Waals surface area (Å²) in [6, 6.07) is 9.06. The molecule has 1 saturated carbocycles. The molecule has 2 atom stereocenters. The van der Waals surface area contributed by atoms with E-state index in [4.69, 9.17) is 9.47 Å². The van der Waals surface area contributed by atoms with Crippen LogP contribution in [0.3, 0.4) is 0 Å². The fourth-order valence-corrected chi connectivity index (χ4v) is 6.75. The van der Waals surface area contributed by atoms with Crippen LogP contribution in [0.1, 0.15) is 75.8 Å². The van der Waals surface area contributed by atoms with E-state index in [1.165, 1.54) is 13.2 Å². The molecule has 7 heteroatoms. The molecule has 0 spiro atoms. The molecule has 196 valence electrons. The lowest BCUT2D eigenvalue weighted by molar-refractivity contribution is -0.150. The molecular formula is C29H36F3NO3. The number of rotatable bonds is 5. The number of halogens is 3. The Morgan fingerprint density at radius 1 is 0.972 bits per heavy atom. The zero-order valence-corrected chi connectivity index (χ0v) is 21.2. The minimum absolute atomic E-state index is 0.0533. The fraction of sp³-hybridized carbons (Fsp3) is 0.621. The quantitative estimate of drug-likeness (QED) is 0.407. The molecule has 2 aromatic carbocycles. The average Bonchev–Trinajstić information content (AvgIpc) is 2.84. The molecule has 2 heterocycles. The first-order valence-electron chi connectivity index (χ1n) is 13.4. The summed E-state index contributed by atoms with van der Waals surface area (Å²) >= 11 is 0. The highest BCUT2D eigenvalue weighted by atomic mass is 19.4. The van der Waals surface area contributed by atoms with Crippen molar-refractivity contribution < 1.29 is 27.4 Å². The van der Waals surface area contributed by atoms with Crippen molar-refractivity contribution >= 4 is 16.7 Å². The standard InChI is InChI=1S/C29H36F3NO3/c1-18-9-11-23(12-10-18)36-26-14-13-24-19(5-3-8-25(24)27(26)29(30,31)32)17-33-21-6-4-7-22(33)16-20(15-21)28(34)35-2/h3,5,8,13-14,18,20-23H,4,6-7,9-12,15-17H2,1-2H3/t18-,20?,21?,22?,23+.